The first kappa shape index (κ1) is 39.8. The van der Waals surface area contributed by atoms with E-state index < -0.39 is 24.3 Å². The topological polar surface area (TPSA) is 200 Å². The Morgan fingerprint density at radius 3 is 1.42 bits per heavy atom. The van der Waals surface area contributed by atoms with E-state index in [1.165, 1.54) is 14.2 Å². The van der Waals surface area contributed by atoms with Gasteiger partial charge in [0.1, 0.15) is 23.7 Å². The van der Waals surface area contributed by atoms with Gasteiger partial charge >= 0.3 is 12.2 Å². The number of H-pyrrole nitrogens is 2. The number of carbonyl (C=O) groups is 4. The average molecular weight is 833 g/mol. The van der Waals surface area contributed by atoms with E-state index in [-0.39, 0.29) is 23.9 Å². The van der Waals surface area contributed by atoms with Crippen LogP contribution in [0.5, 0.6) is 0 Å². The van der Waals surface area contributed by atoms with Crippen LogP contribution < -0.4 is 10.6 Å². The van der Waals surface area contributed by atoms with Crippen LogP contribution in [-0.2, 0) is 19.1 Å². The minimum atomic E-state index is -0.904. The second kappa shape index (κ2) is 17.2. The van der Waals surface area contributed by atoms with Crippen LogP contribution in [0.15, 0.2) is 109 Å². The van der Waals surface area contributed by atoms with Crippen molar-refractivity contribution in [3.8, 4) is 22.5 Å². The predicted octanol–water partition coefficient (Wildman–Crippen LogP) is 7.08. The number of fused-ring (bicyclic) bond motifs is 2. The first-order valence-electron chi connectivity index (χ1n) is 20.5. The van der Waals surface area contributed by atoms with E-state index in [2.05, 4.69) is 20.6 Å². The van der Waals surface area contributed by atoms with Gasteiger partial charge in [-0.05, 0) is 61.1 Å². The average Bonchev–Trinajstić information content (AvgIpc) is 4.16. The molecular formula is C46H44N10O6. The molecule has 4 aromatic carbocycles. The van der Waals surface area contributed by atoms with Gasteiger partial charge in [0, 0.05) is 24.2 Å². The summed E-state index contributed by atoms with van der Waals surface area (Å²) >= 11 is 0. The summed E-state index contributed by atoms with van der Waals surface area (Å²) in [6.07, 6.45) is 5.19. The summed E-state index contributed by atoms with van der Waals surface area (Å²) in [5.74, 6) is 0.854. The molecule has 0 spiro atoms. The van der Waals surface area contributed by atoms with E-state index in [1.54, 1.807) is 22.2 Å². The Labute approximate surface area is 356 Å². The number of amides is 4. The second-order valence-electron chi connectivity index (χ2n) is 15.3. The molecule has 62 heavy (non-hydrogen) atoms. The molecule has 4 N–H and O–H groups in total. The van der Waals surface area contributed by atoms with E-state index in [9.17, 15) is 19.2 Å². The summed E-state index contributed by atoms with van der Waals surface area (Å²) in [4.78, 5) is 82.2. The maximum atomic E-state index is 14.0. The van der Waals surface area contributed by atoms with Crippen molar-refractivity contribution >= 4 is 46.1 Å². The van der Waals surface area contributed by atoms with Crippen molar-refractivity contribution in [3.63, 3.8) is 0 Å². The van der Waals surface area contributed by atoms with Crippen LogP contribution >= 0.6 is 0 Å². The molecule has 4 atom stereocenters. The van der Waals surface area contributed by atoms with Crippen molar-refractivity contribution in [3.05, 3.63) is 132 Å². The second-order valence-corrected chi connectivity index (χ2v) is 15.3. The monoisotopic (exact) mass is 832 g/mol. The third-order valence-electron chi connectivity index (χ3n) is 11.6. The highest BCUT2D eigenvalue weighted by atomic mass is 16.5. The zero-order valence-corrected chi connectivity index (χ0v) is 34.1. The van der Waals surface area contributed by atoms with E-state index in [4.69, 9.17) is 29.4 Å². The van der Waals surface area contributed by atoms with Gasteiger partial charge in [0.05, 0.1) is 72.2 Å². The standard InChI is InChI=1S/C46H44N10O6/c1-61-45(59)53-39(27-11-5-3-6-12-27)43(57)55-21-9-15-37(55)41-47-25-35(51-41)29-17-19-31-33(23-29)49-32-20-18-30(24-34(32)50-31)36-26-48-42(52-36)38-16-10-22-56(38)44(58)40(54-46(60)62-2)28-13-7-4-8-14-28/h3-8,11-14,17-20,23-26,37-40H,9-10,15-16,21-22H2,1-2H3,(H,47,51)(H,48,52)(H,53,59)(H,54,60). The maximum Gasteiger partial charge on any atom is 0.407 e. The highest BCUT2D eigenvalue weighted by molar-refractivity contribution is 5.91. The summed E-state index contributed by atoms with van der Waals surface area (Å²) in [7, 11) is 2.55. The summed E-state index contributed by atoms with van der Waals surface area (Å²) in [5, 5.41) is 5.42. The number of nitrogens with zero attached hydrogens (tertiary/aromatic N) is 6. The highest BCUT2D eigenvalue weighted by Crippen LogP contribution is 2.36. The van der Waals surface area contributed by atoms with E-state index in [0.29, 0.717) is 46.9 Å². The smallest absolute Gasteiger partial charge is 0.407 e. The molecule has 0 bridgehead atoms. The Kier molecular flexibility index (Phi) is 11.0. The van der Waals surface area contributed by atoms with E-state index in [0.717, 1.165) is 59.2 Å². The maximum absolute atomic E-state index is 14.0. The molecule has 4 unspecified atom stereocenters. The number of alkyl carbamates (subject to hydrolysis) is 2. The Hall–Kier alpha value is -7.62. The zero-order chi connectivity index (χ0) is 42.7. The molecule has 4 amide bonds. The molecule has 7 aromatic rings. The Morgan fingerprint density at radius 1 is 0.597 bits per heavy atom. The molecule has 0 saturated carbocycles. The molecule has 9 rings (SSSR count). The molecule has 2 aliphatic rings. The molecule has 16 nitrogen and oxygen atoms in total. The molecule has 2 saturated heterocycles. The predicted molar refractivity (Wildman–Crippen MR) is 229 cm³/mol. The molecule has 2 aliphatic heterocycles. The van der Waals surface area contributed by atoms with Gasteiger partial charge in [0.15, 0.2) is 0 Å². The molecular weight excluding hydrogens is 789 g/mol. The first-order valence-corrected chi connectivity index (χ1v) is 20.5. The van der Waals surface area contributed by atoms with Crippen LogP contribution in [-0.4, -0.2) is 91.0 Å². The number of rotatable bonds is 10. The van der Waals surface area contributed by atoms with E-state index >= 15 is 0 Å². The summed E-state index contributed by atoms with van der Waals surface area (Å²) in [5.41, 5.74) is 7.47. The highest BCUT2D eigenvalue weighted by Gasteiger charge is 2.38. The van der Waals surface area contributed by atoms with Crippen molar-refractivity contribution in [1.29, 1.82) is 0 Å². The SMILES string of the molecule is COC(=O)NC(C(=O)N1CCCC1c1ncc(-c2ccc3nc4cc(-c5cnc(C6CCCN6C(=O)C(NC(=O)OC)c6ccccc6)[nH]5)ccc4nc3c2)[nH]1)c1ccccc1. The molecule has 0 aliphatic carbocycles. The van der Waals surface area contributed by atoms with E-state index in [1.807, 2.05) is 97.1 Å². The largest absolute Gasteiger partial charge is 0.453 e. The van der Waals surface area contributed by atoms with Gasteiger partial charge in [-0.15, -0.1) is 0 Å². The number of benzene rings is 4. The third-order valence-corrected chi connectivity index (χ3v) is 11.6. The third kappa shape index (κ3) is 7.89. The number of likely N-dealkylation sites (tertiary alicyclic amines) is 2. The van der Waals surface area contributed by atoms with Gasteiger partial charge < -0.3 is 39.9 Å². The van der Waals surface area contributed by atoms with Gasteiger partial charge in [-0.3, -0.25) is 9.59 Å². The molecule has 16 heteroatoms. The lowest BCUT2D eigenvalue weighted by Gasteiger charge is -2.28. The number of methoxy groups -OCH3 is 2. The van der Waals surface area contributed by atoms with Gasteiger partial charge in [0.25, 0.3) is 11.8 Å². The van der Waals surface area contributed by atoms with Crippen LogP contribution in [0.4, 0.5) is 9.59 Å². The number of aromatic nitrogens is 6. The summed E-state index contributed by atoms with van der Waals surface area (Å²) < 4.78 is 9.67. The zero-order valence-electron chi connectivity index (χ0n) is 34.1. The summed E-state index contributed by atoms with van der Waals surface area (Å²) in [6.45, 7) is 1.06. The van der Waals surface area contributed by atoms with Crippen molar-refractivity contribution in [2.45, 2.75) is 49.9 Å². The Balaban J connectivity index is 0.920. The van der Waals surface area contributed by atoms with Crippen LogP contribution in [0.3, 0.4) is 0 Å². The minimum Gasteiger partial charge on any atom is -0.453 e. The van der Waals surface area contributed by atoms with Gasteiger partial charge in [-0.2, -0.15) is 0 Å². The Morgan fingerprint density at radius 2 is 1.02 bits per heavy atom. The molecule has 5 heterocycles. The van der Waals surface area contributed by atoms with Gasteiger partial charge in [0.2, 0.25) is 0 Å². The molecule has 2 fully saturated rings. The molecule has 314 valence electrons. The fraction of sp³-hybridized carbons (Fsp3) is 0.261. The molecule has 3 aromatic heterocycles. The van der Waals surface area contributed by atoms with Crippen molar-refractivity contribution in [2.75, 3.05) is 27.3 Å². The lowest BCUT2D eigenvalue weighted by molar-refractivity contribution is -0.135. The normalized spacial score (nSPS) is 17.2. The number of hydrogen-bond donors (Lipinski definition) is 4. The quantitative estimate of drug-likeness (QED) is 0.103. The van der Waals surface area contributed by atoms with Gasteiger partial charge in [-0.1, -0.05) is 72.8 Å². The fourth-order valence-corrected chi connectivity index (χ4v) is 8.50. The van der Waals surface area contributed by atoms with Crippen LogP contribution in [0.1, 0.15) is 72.6 Å². The Bertz CT molecular complexity index is 2590. The van der Waals surface area contributed by atoms with Crippen LogP contribution in [0.25, 0.3) is 44.6 Å². The van der Waals surface area contributed by atoms with Crippen LogP contribution in [0.2, 0.25) is 0 Å². The van der Waals surface area contributed by atoms with Crippen molar-refractivity contribution in [2.24, 2.45) is 0 Å². The fourth-order valence-electron chi connectivity index (χ4n) is 8.50. The number of hydrogen-bond acceptors (Lipinski definition) is 10. The first-order chi connectivity index (χ1) is 30.3. The van der Waals surface area contributed by atoms with Gasteiger partial charge in [-0.25, -0.2) is 29.5 Å². The lowest BCUT2D eigenvalue weighted by Crippen LogP contribution is -2.42. The summed E-state index contributed by atoms with van der Waals surface area (Å²) in [6, 6.07) is 27.6. The number of ether oxygens (including phenoxy) is 2. The van der Waals surface area contributed by atoms with Crippen molar-refractivity contribution in [1.82, 2.24) is 50.3 Å². The lowest BCUT2D eigenvalue weighted by atomic mass is 10.1. The number of imidazole rings is 2. The van der Waals surface area contributed by atoms with Crippen LogP contribution in [0, 0.1) is 0 Å². The molecule has 0 radical (unpaired) electrons. The number of carbonyl (C=O) groups excluding carboxylic acids is 4. The van der Waals surface area contributed by atoms with Crippen molar-refractivity contribution < 1.29 is 28.7 Å². The minimum absolute atomic E-state index is 0.234. The number of nitrogens with one attached hydrogen (secondary N) is 4. The number of aromatic amines is 2.